The monoisotopic (exact) mass is 251 g/mol. The third-order valence-electron chi connectivity index (χ3n) is 4.00. The van der Waals surface area contributed by atoms with E-state index in [1.54, 1.807) is 12.3 Å². The summed E-state index contributed by atoms with van der Waals surface area (Å²) in [5, 5.41) is 0. The molecule has 0 radical (unpaired) electrons. The molecule has 3 unspecified atom stereocenters. The Bertz CT molecular complexity index is 396. The molecule has 0 saturated carbocycles. The topological polar surface area (TPSA) is 42.2 Å². The second-order valence-electron chi connectivity index (χ2n) is 5.37. The molecule has 1 fully saturated rings. The first-order valence-corrected chi connectivity index (χ1v) is 6.68. The predicted molar refractivity (Wildman–Crippen MR) is 70.6 cm³/mol. The van der Waals surface area contributed by atoms with Crippen molar-refractivity contribution >= 4 is 0 Å². The van der Waals surface area contributed by atoms with Crippen molar-refractivity contribution in [3.63, 3.8) is 0 Å². The highest BCUT2D eigenvalue weighted by atomic mass is 19.1. The summed E-state index contributed by atoms with van der Waals surface area (Å²) < 4.78 is 13.2. The van der Waals surface area contributed by atoms with Crippen LogP contribution < -0.4 is 5.73 Å². The summed E-state index contributed by atoms with van der Waals surface area (Å²) in [4.78, 5) is 6.32. The van der Waals surface area contributed by atoms with Gasteiger partial charge in [-0.2, -0.15) is 0 Å². The lowest BCUT2D eigenvalue weighted by molar-refractivity contribution is 0.0831. The molecule has 0 aliphatic carbocycles. The molecule has 0 amide bonds. The smallest absolute Gasteiger partial charge is 0.141 e. The Kier molecular flexibility index (Phi) is 4.30. The molecule has 3 atom stereocenters. The Balaban J connectivity index is 2.14. The third-order valence-corrected chi connectivity index (χ3v) is 4.00. The van der Waals surface area contributed by atoms with E-state index in [1.807, 2.05) is 0 Å². The van der Waals surface area contributed by atoms with Crippen LogP contribution in [0.4, 0.5) is 4.39 Å². The van der Waals surface area contributed by atoms with Crippen LogP contribution in [-0.2, 0) is 0 Å². The van der Waals surface area contributed by atoms with Crippen LogP contribution in [-0.4, -0.2) is 29.0 Å². The van der Waals surface area contributed by atoms with E-state index in [0.29, 0.717) is 12.6 Å². The molecule has 2 heterocycles. The lowest BCUT2D eigenvalue weighted by Crippen LogP contribution is -2.47. The number of pyridine rings is 1. The first kappa shape index (κ1) is 13.4. The quantitative estimate of drug-likeness (QED) is 0.896. The van der Waals surface area contributed by atoms with E-state index in [1.165, 1.54) is 12.6 Å². The van der Waals surface area contributed by atoms with Crippen molar-refractivity contribution in [3.8, 4) is 0 Å². The minimum absolute atomic E-state index is 0.175. The Morgan fingerprint density at radius 2 is 2.33 bits per heavy atom. The van der Waals surface area contributed by atoms with Gasteiger partial charge in [0, 0.05) is 24.8 Å². The molecule has 0 bridgehead atoms. The molecule has 3 nitrogen and oxygen atoms in total. The summed E-state index contributed by atoms with van der Waals surface area (Å²) in [6.45, 7) is 6.07. The highest BCUT2D eigenvalue weighted by Crippen LogP contribution is 2.30. The maximum Gasteiger partial charge on any atom is 0.141 e. The van der Waals surface area contributed by atoms with Gasteiger partial charge in [-0.05, 0) is 43.9 Å². The highest BCUT2D eigenvalue weighted by Gasteiger charge is 2.29. The number of hydrogen-bond acceptors (Lipinski definition) is 3. The van der Waals surface area contributed by atoms with Gasteiger partial charge in [0.05, 0.1) is 6.20 Å². The van der Waals surface area contributed by atoms with Crippen molar-refractivity contribution < 1.29 is 4.39 Å². The molecule has 0 spiro atoms. The molecule has 1 aromatic heterocycles. The first-order valence-electron chi connectivity index (χ1n) is 6.68. The van der Waals surface area contributed by atoms with E-state index >= 15 is 0 Å². The molecular formula is C14H22FN3. The van der Waals surface area contributed by atoms with E-state index in [0.717, 1.165) is 24.4 Å². The van der Waals surface area contributed by atoms with Crippen molar-refractivity contribution in [3.05, 3.63) is 29.8 Å². The molecule has 0 aromatic carbocycles. The van der Waals surface area contributed by atoms with Crippen LogP contribution in [0, 0.1) is 11.7 Å². The lowest BCUT2D eigenvalue weighted by atomic mass is 9.90. The summed E-state index contributed by atoms with van der Waals surface area (Å²) in [5.41, 5.74) is 6.80. The average molecular weight is 251 g/mol. The Morgan fingerprint density at radius 1 is 1.56 bits per heavy atom. The van der Waals surface area contributed by atoms with Gasteiger partial charge >= 0.3 is 0 Å². The summed E-state index contributed by atoms with van der Waals surface area (Å²) in [6.07, 6.45) is 5.31. The number of nitrogens with zero attached hydrogens (tertiary/aromatic N) is 2. The fraction of sp³-hybridized carbons (Fsp3) is 0.643. The van der Waals surface area contributed by atoms with Crippen LogP contribution >= 0.6 is 0 Å². The zero-order valence-electron chi connectivity index (χ0n) is 11.1. The second-order valence-corrected chi connectivity index (χ2v) is 5.37. The maximum absolute atomic E-state index is 13.2. The number of hydrogen-bond donors (Lipinski definition) is 1. The van der Waals surface area contributed by atoms with Gasteiger partial charge in [0.25, 0.3) is 0 Å². The number of likely N-dealkylation sites (tertiary alicyclic amines) is 1. The fourth-order valence-corrected chi connectivity index (χ4v) is 2.86. The third kappa shape index (κ3) is 2.87. The zero-order chi connectivity index (χ0) is 13.1. The average Bonchev–Trinajstić information content (AvgIpc) is 2.37. The molecule has 4 heteroatoms. The first-order chi connectivity index (χ1) is 8.61. The fourth-order valence-electron chi connectivity index (χ4n) is 2.86. The van der Waals surface area contributed by atoms with E-state index in [9.17, 15) is 4.39 Å². The van der Waals surface area contributed by atoms with E-state index in [4.69, 9.17) is 5.73 Å². The number of piperidine rings is 1. The molecule has 1 aromatic rings. The normalized spacial score (nSPS) is 27.1. The van der Waals surface area contributed by atoms with Crippen LogP contribution in [0.5, 0.6) is 0 Å². The Hall–Kier alpha value is -1.00. The number of aromatic nitrogens is 1. The highest BCUT2D eigenvalue weighted by molar-refractivity contribution is 5.15. The lowest BCUT2D eigenvalue weighted by Gasteiger charge is -2.41. The van der Waals surface area contributed by atoms with E-state index in [-0.39, 0.29) is 11.9 Å². The van der Waals surface area contributed by atoms with Crippen molar-refractivity contribution in [2.75, 3.05) is 13.1 Å². The van der Waals surface area contributed by atoms with Gasteiger partial charge in [-0.15, -0.1) is 0 Å². The summed E-state index contributed by atoms with van der Waals surface area (Å²) in [5.74, 6) is 0.460. The molecule has 2 N–H and O–H groups in total. The van der Waals surface area contributed by atoms with Crippen molar-refractivity contribution in [1.29, 1.82) is 0 Å². The van der Waals surface area contributed by atoms with E-state index < -0.39 is 0 Å². The number of halogens is 1. The van der Waals surface area contributed by atoms with Crippen molar-refractivity contribution in [2.24, 2.45) is 11.7 Å². The van der Waals surface area contributed by atoms with E-state index in [2.05, 4.69) is 23.7 Å². The molecular weight excluding hydrogens is 229 g/mol. The second kappa shape index (κ2) is 5.76. The van der Waals surface area contributed by atoms with Gasteiger partial charge in [-0.25, -0.2) is 4.39 Å². The van der Waals surface area contributed by atoms with Gasteiger partial charge in [0.15, 0.2) is 0 Å². The van der Waals surface area contributed by atoms with Gasteiger partial charge in [-0.3, -0.25) is 9.88 Å². The van der Waals surface area contributed by atoms with Crippen LogP contribution in [0.3, 0.4) is 0 Å². The largest absolute Gasteiger partial charge is 0.329 e. The molecule has 1 saturated heterocycles. The molecule has 100 valence electrons. The minimum atomic E-state index is -0.269. The maximum atomic E-state index is 13.2. The van der Waals surface area contributed by atoms with Crippen molar-refractivity contribution in [2.45, 2.75) is 38.8 Å². The Morgan fingerprint density at radius 3 is 3.00 bits per heavy atom. The van der Waals surface area contributed by atoms with Gasteiger partial charge in [0.1, 0.15) is 5.82 Å². The number of nitrogens with two attached hydrogens (primary N) is 1. The molecule has 1 aliphatic heterocycles. The van der Waals surface area contributed by atoms with Gasteiger partial charge < -0.3 is 5.73 Å². The summed E-state index contributed by atoms with van der Waals surface area (Å²) >= 11 is 0. The minimum Gasteiger partial charge on any atom is -0.329 e. The standard InChI is InChI=1S/C14H22FN3/c1-10-3-4-18(14(5-10)7-16)11(2)12-6-13(15)9-17-8-12/h6,8-11,14H,3-5,7,16H2,1-2H3. The van der Waals surface area contributed by atoms with Gasteiger partial charge in [0.2, 0.25) is 0 Å². The van der Waals surface area contributed by atoms with Crippen LogP contribution in [0.15, 0.2) is 18.5 Å². The van der Waals surface area contributed by atoms with Crippen molar-refractivity contribution in [1.82, 2.24) is 9.88 Å². The van der Waals surface area contributed by atoms with Crippen LogP contribution in [0.2, 0.25) is 0 Å². The molecule has 1 aliphatic rings. The van der Waals surface area contributed by atoms with Gasteiger partial charge in [-0.1, -0.05) is 6.92 Å². The molecule has 18 heavy (non-hydrogen) atoms. The summed E-state index contributed by atoms with van der Waals surface area (Å²) in [7, 11) is 0. The SMILES string of the molecule is CC1CCN(C(C)c2cncc(F)c2)C(CN)C1. The van der Waals surface area contributed by atoms with Crippen LogP contribution in [0.25, 0.3) is 0 Å². The zero-order valence-corrected chi connectivity index (χ0v) is 11.1. The molecule has 2 rings (SSSR count). The Labute approximate surface area is 108 Å². The summed E-state index contributed by atoms with van der Waals surface area (Å²) in [6, 6.07) is 2.14. The number of rotatable bonds is 3. The van der Waals surface area contributed by atoms with Crippen LogP contribution in [0.1, 0.15) is 38.3 Å². The predicted octanol–water partition coefficient (Wildman–Crippen LogP) is 2.34.